The Labute approximate surface area is 134 Å². The van der Waals surface area contributed by atoms with Crippen molar-refractivity contribution in [2.45, 2.75) is 18.9 Å². The van der Waals surface area contributed by atoms with Crippen LogP contribution in [0.1, 0.15) is 33.1 Å². The Hall–Kier alpha value is -2.56. The molecule has 4 rings (SSSR count). The molecule has 0 saturated carbocycles. The van der Waals surface area contributed by atoms with Gasteiger partial charge in [0.2, 0.25) is 0 Å². The van der Waals surface area contributed by atoms with Crippen LogP contribution in [0.4, 0.5) is 0 Å². The molecule has 0 radical (unpaired) electrons. The van der Waals surface area contributed by atoms with Crippen molar-refractivity contribution in [3.63, 3.8) is 0 Å². The van der Waals surface area contributed by atoms with E-state index in [1.165, 1.54) is 5.56 Å². The highest BCUT2D eigenvalue weighted by Gasteiger charge is 2.37. The van der Waals surface area contributed by atoms with Crippen molar-refractivity contribution < 1.29 is 14.3 Å². The summed E-state index contributed by atoms with van der Waals surface area (Å²) in [6, 6.07) is 6.06. The molecule has 5 nitrogen and oxygen atoms in total. The number of benzene rings is 1. The van der Waals surface area contributed by atoms with Crippen LogP contribution < -0.4 is 9.47 Å². The zero-order valence-electron chi connectivity index (χ0n) is 13.2. The lowest BCUT2D eigenvalue weighted by atomic mass is 9.84. The lowest BCUT2D eigenvalue weighted by Crippen LogP contribution is -2.44. The monoisotopic (exact) mass is 310 g/mol. The summed E-state index contributed by atoms with van der Waals surface area (Å²) in [4.78, 5) is 18.8. The van der Waals surface area contributed by atoms with E-state index in [4.69, 9.17) is 9.47 Å². The molecule has 0 fully saturated rings. The number of nitrogens with zero attached hydrogens (tertiary/aromatic N) is 2. The third-order valence-corrected chi connectivity index (χ3v) is 4.82. The number of rotatable bonds is 2. The Morgan fingerprint density at radius 3 is 2.74 bits per heavy atom. The standard InChI is InChI=1S/C18H18N2O3/c1-22-16-8-12-4-6-20-15(13(12)9-17(16)23-2)7-11-3-5-19-10-14(11)18(20)21/h3,5,8-10,15H,4,6-7H2,1-2H3/t15-/m0/s1. The minimum atomic E-state index is 0.0564. The molecule has 1 aromatic heterocycles. The van der Waals surface area contributed by atoms with E-state index in [1.807, 2.05) is 23.1 Å². The molecule has 2 aliphatic heterocycles. The average molecular weight is 310 g/mol. The van der Waals surface area contributed by atoms with Crippen molar-refractivity contribution in [1.29, 1.82) is 0 Å². The van der Waals surface area contributed by atoms with Crippen LogP contribution in [-0.2, 0) is 12.8 Å². The molecule has 3 heterocycles. The van der Waals surface area contributed by atoms with Gasteiger partial charge in [-0.3, -0.25) is 9.78 Å². The molecular formula is C18H18N2O3. The normalized spacial score (nSPS) is 18.8. The van der Waals surface area contributed by atoms with Crippen LogP contribution in [0, 0.1) is 0 Å². The Bertz CT molecular complexity index is 788. The number of ether oxygens (including phenoxy) is 2. The van der Waals surface area contributed by atoms with Crippen LogP contribution in [0.2, 0.25) is 0 Å². The minimum absolute atomic E-state index is 0.0564. The average Bonchev–Trinajstić information content (AvgIpc) is 2.60. The maximum absolute atomic E-state index is 12.8. The molecule has 0 N–H and O–H groups in total. The number of hydrogen-bond donors (Lipinski definition) is 0. The molecule has 2 aliphatic rings. The van der Waals surface area contributed by atoms with Gasteiger partial charge in [-0.15, -0.1) is 0 Å². The molecule has 0 saturated heterocycles. The highest BCUT2D eigenvalue weighted by molar-refractivity contribution is 5.97. The Morgan fingerprint density at radius 2 is 1.96 bits per heavy atom. The first-order valence-electron chi connectivity index (χ1n) is 7.71. The van der Waals surface area contributed by atoms with Gasteiger partial charge in [-0.05, 0) is 47.7 Å². The molecule has 1 aromatic carbocycles. The molecule has 0 aliphatic carbocycles. The van der Waals surface area contributed by atoms with Crippen molar-refractivity contribution >= 4 is 5.91 Å². The number of hydrogen-bond acceptors (Lipinski definition) is 4. The molecule has 0 bridgehead atoms. The second-order valence-electron chi connectivity index (χ2n) is 5.91. The first-order valence-corrected chi connectivity index (χ1v) is 7.71. The smallest absolute Gasteiger partial charge is 0.256 e. The lowest BCUT2D eigenvalue weighted by molar-refractivity contribution is 0.0630. The quantitative estimate of drug-likeness (QED) is 0.854. The highest BCUT2D eigenvalue weighted by Crippen LogP contribution is 2.42. The first-order chi connectivity index (χ1) is 11.2. The van der Waals surface area contributed by atoms with E-state index in [9.17, 15) is 4.79 Å². The van der Waals surface area contributed by atoms with E-state index in [1.54, 1.807) is 26.6 Å². The molecule has 5 heteroatoms. The summed E-state index contributed by atoms with van der Waals surface area (Å²) in [5, 5.41) is 0. The topological polar surface area (TPSA) is 51.7 Å². The molecule has 1 amide bonds. The summed E-state index contributed by atoms with van der Waals surface area (Å²) in [7, 11) is 3.28. The zero-order chi connectivity index (χ0) is 16.0. The summed E-state index contributed by atoms with van der Waals surface area (Å²) in [5.41, 5.74) is 4.18. The van der Waals surface area contributed by atoms with Crippen molar-refractivity contribution in [3.8, 4) is 11.5 Å². The SMILES string of the molecule is COc1cc2c(cc1OC)[C@@H]1Cc3ccncc3C(=O)N1CC2. The Morgan fingerprint density at radius 1 is 1.17 bits per heavy atom. The largest absolute Gasteiger partial charge is 0.493 e. The fourth-order valence-electron chi connectivity index (χ4n) is 3.65. The third-order valence-electron chi connectivity index (χ3n) is 4.82. The number of methoxy groups -OCH3 is 2. The van der Waals surface area contributed by atoms with Gasteiger partial charge in [0.25, 0.3) is 5.91 Å². The second-order valence-corrected chi connectivity index (χ2v) is 5.91. The highest BCUT2D eigenvalue weighted by atomic mass is 16.5. The van der Waals surface area contributed by atoms with Gasteiger partial charge >= 0.3 is 0 Å². The summed E-state index contributed by atoms with van der Waals surface area (Å²) in [5.74, 6) is 1.53. The van der Waals surface area contributed by atoms with E-state index in [0.717, 1.165) is 41.8 Å². The van der Waals surface area contributed by atoms with Crippen LogP contribution >= 0.6 is 0 Å². The fraction of sp³-hybridized carbons (Fsp3) is 0.333. The number of fused-ring (bicyclic) bond motifs is 4. The van der Waals surface area contributed by atoms with Gasteiger partial charge in [0.1, 0.15) is 0 Å². The van der Waals surface area contributed by atoms with Gasteiger partial charge in [0.05, 0.1) is 25.8 Å². The first kappa shape index (κ1) is 14.1. The van der Waals surface area contributed by atoms with Crippen molar-refractivity contribution in [2.24, 2.45) is 0 Å². The number of carbonyl (C=O) groups excluding carboxylic acids is 1. The number of aromatic nitrogens is 1. The van der Waals surface area contributed by atoms with E-state index in [-0.39, 0.29) is 11.9 Å². The predicted octanol–water partition coefficient (Wildman–Crippen LogP) is 2.39. The molecule has 1 atom stereocenters. The van der Waals surface area contributed by atoms with Crippen LogP contribution in [0.5, 0.6) is 11.5 Å². The van der Waals surface area contributed by atoms with Gasteiger partial charge in [-0.1, -0.05) is 0 Å². The summed E-state index contributed by atoms with van der Waals surface area (Å²) >= 11 is 0. The maximum Gasteiger partial charge on any atom is 0.256 e. The maximum atomic E-state index is 12.8. The van der Waals surface area contributed by atoms with Crippen LogP contribution in [0.15, 0.2) is 30.6 Å². The molecule has 2 aromatic rings. The summed E-state index contributed by atoms with van der Waals surface area (Å²) < 4.78 is 10.8. The van der Waals surface area contributed by atoms with Crippen molar-refractivity contribution in [3.05, 3.63) is 52.8 Å². The Balaban J connectivity index is 1.83. The lowest BCUT2D eigenvalue weighted by Gasteiger charge is -2.41. The minimum Gasteiger partial charge on any atom is -0.493 e. The van der Waals surface area contributed by atoms with Crippen LogP contribution in [0.3, 0.4) is 0 Å². The van der Waals surface area contributed by atoms with Crippen LogP contribution in [0.25, 0.3) is 0 Å². The number of amides is 1. The van der Waals surface area contributed by atoms with E-state index in [2.05, 4.69) is 4.98 Å². The predicted molar refractivity (Wildman–Crippen MR) is 85.0 cm³/mol. The zero-order valence-corrected chi connectivity index (χ0v) is 13.2. The third kappa shape index (κ3) is 2.07. The number of carbonyl (C=O) groups is 1. The molecule has 23 heavy (non-hydrogen) atoms. The van der Waals surface area contributed by atoms with Crippen molar-refractivity contribution in [2.75, 3.05) is 20.8 Å². The van der Waals surface area contributed by atoms with E-state index < -0.39 is 0 Å². The molecular weight excluding hydrogens is 292 g/mol. The van der Waals surface area contributed by atoms with E-state index in [0.29, 0.717) is 5.75 Å². The van der Waals surface area contributed by atoms with Gasteiger partial charge in [-0.2, -0.15) is 0 Å². The van der Waals surface area contributed by atoms with Gasteiger partial charge in [-0.25, -0.2) is 0 Å². The summed E-state index contributed by atoms with van der Waals surface area (Å²) in [6.45, 7) is 0.723. The van der Waals surface area contributed by atoms with Gasteiger partial charge in [0, 0.05) is 18.9 Å². The van der Waals surface area contributed by atoms with E-state index >= 15 is 0 Å². The van der Waals surface area contributed by atoms with Gasteiger partial charge < -0.3 is 14.4 Å². The molecule has 118 valence electrons. The second kappa shape index (κ2) is 5.26. The number of pyridine rings is 1. The fourth-order valence-corrected chi connectivity index (χ4v) is 3.65. The van der Waals surface area contributed by atoms with Gasteiger partial charge in [0.15, 0.2) is 11.5 Å². The molecule has 0 spiro atoms. The van der Waals surface area contributed by atoms with Crippen molar-refractivity contribution in [1.82, 2.24) is 9.88 Å². The summed E-state index contributed by atoms with van der Waals surface area (Å²) in [6.07, 6.45) is 5.07. The van der Waals surface area contributed by atoms with Crippen LogP contribution in [-0.4, -0.2) is 36.6 Å². The molecule has 0 unspecified atom stereocenters. The Kier molecular flexibility index (Phi) is 3.22.